The van der Waals surface area contributed by atoms with Crippen molar-refractivity contribution >= 4 is 12.0 Å². The van der Waals surface area contributed by atoms with E-state index in [-0.39, 0.29) is 6.03 Å². The SMILES string of the molecule is O=C(O)[C@H]1CCCN1C(=O)N1CCN(C2CCCC2)CC1. The molecule has 3 rings (SSSR count). The molecule has 0 bridgehead atoms. The Morgan fingerprint density at radius 3 is 2.14 bits per heavy atom. The molecular formula is C15H25N3O3. The molecule has 1 atom stereocenters. The minimum Gasteiger partial charge on any atom is -0.480 e. The molecule has 0 aromatic rings. The summed E-state index contributed by atoms with van der Waals surface area (Å²) in [6, 6.07) is 0.0112. The van der Waals surface area contributed by atoms with Crippen molar-refractivity contribution in [1.82, 2.24) is 14.7 Å². The van der Waals surface area contributed by atoms with Gasteiger partial charge in [-0.3, -0.25) is 4.90 Å². The predicted octanol–water partition coefficient (Wildman–Crippen LogP) is 1.22. The molecule has 1 aliphatic carbocycles. The summed E-state index contributed by atoms with van der Waals surface area (Å²) in [6.07, 6.45) is 6.63. The monoisotopic (exact) mass is 295 g/mol. The second-order valence-corrected chi connectivity index (χ2v) is 6.43. The van der Waals surface area contributed by atoms with E-state index in [0.717, 1.165) is 32.6 Å². The van der Waals surface area contributed by atoms with Crippen molar-refractivity contribution < 1.29 is 14.7 Å². The third kappa shape index (κ3) is 3.00. The van der Waals surface area contributed by atoms with Gasteiger partial charge in [0.25, 0.3) is 0 Å². The molecule has 1 N–H and O–H groups in total. The van der Waals surface area contributed by atoms with Gasteiger partial charge < -0.3 is 14.9 Å². The fraction of sp³-hybridized carbons (Fsp3) is 0.867. The molecule has 0 radical (unpaired) electrons. The third-order valence-corrected chi connectivity index (χ3v) is 5.21. The van der Waals surface area contributed by atoms with Crippen LogP contribution in [0.4, 0.5) is 4.79 Å². The Hall–Kier alpha value is -1.30. The van der Waals surface area contributed by atoms with Crippen LogP contribution in [0.25, 0.3) is 0 Å². The highest BCUT2D eigenvalue weighted by Gasteiger charge is 2.37. The Labute approximate surface area is 125 Å². The minimum atomic E-state index is -0.870. The molecule has 3 aliphatic rings. The topological polar surface area (TPSA) is 64.1 Å². The van der Waals surface area contributed by atoms with E-state index in [9.17, 15) is 14.7 Å². The molecule has 0 unspecified atom stereocenters. The number of aliphatic carboxylic acids is 1. The number of piperazine rings is 1. The number of hydrogen-bond donors (Lipinski definition) is 1. The summed E-state index contributed by atoms with van der Waals surface area (Å²) in [6.45, 7) is 3.92. The van der Waals surface area contributed by atoms with Crippen LogP contribution < -0.4 is 0 Å². The van der Waals surface area contributed by atoms with E-state index >= 15 is 0 Å². The van der Waals surface area contributed by atoms with E-state index in [1.807, 2.05) is 4.90 Å². The minimum absolute atomic E-state index is 0.0778. The third-order valence-electron chi connectivity index (χ3n) is 5.21. The van der Waals surface area contributed by atoms with E-state index in [4.69, 9.17) is 0 Å². The molecule has 2 amide bonds. The van der Waals surface area contributed by atoms with Crippen LogP contribution in [0, 0.1) is 0 Å². The standard InChI is InChI=1S/C15H25N3O3/c19-14(20)13-6-3-7-18(13)15(21)17-10-8-16(9-11-17)12-4-1-2-5-12/h12-13H,1-11H2,(H,19,20)/t13-/m1/s1. The molecule has 2 saturated heterocycles. The van der Waals surface area contributed by atoms with Gasteiger partial charge in [0.05, 0.1) is 0 Å². The summed E-state index contributed by atoms with van der Waals surface area (Å²) in [7, 11) is 0. The maximum Gasteiger partial charge on any atom is 0.326 e. The number of carboxylic acid groups (broad SMARTS) is 1. The Bertz CT molecular complexity index is 401. The van der Waals surface area contributed by atoms with Gasteiger partial charge >= 0.3 is 12.0 Å². The van der Waals surface area contributed by atoms with Gasteiger partial charge in [-0.2, -0.15) is 0 Å². The molecule has 6 heteroatoms. The summed E-state index contributed by atoms with van der Waals surface area (Å²) < 4.78 is 0. The zero-order chi connectivity index (χ0) is 14.8. The second kappa shape index (κ2) is 6.22. The Kier molecular flexibility index (Phi) is 4.33. The molecule has 21 heavy (non-hydrogen) atoms. The lowest BCUT2D eigenvalue weighted by molar-refractivity contribution is -0.141. The largest absolute Gasteiger partial charge is 0.480 e. The number of likely N-dealkylation sites (tertiary alicyclic amines) is 1. The Morgan fingerprint density at radius 1 is 0.857 bits per heavy atom. The van der Waals surface area contributed by atoms with E-state index in [1.165, 1.54) is 25.7 Å². The van der Waals surface area contributed by atoms with E-state index in [2.05, 4.69) is 4.90 Å². The maximum atomic E-state index is 12.5. The lowest BCUT2D eigenvalue weighted by Gasteiger charge is -2.39. The molecule has 118 valence electrons. The fourth-order valence-corrected chi connectivity index (χ4v) is 3.98. The van der Waals surface area contributed by atoms with Crippen molar-refractivity contribution in [2.45, 2.75) is 50.6 Å². The van der Waals surface area contributed by atoms with Crippen molar-refractivity contribution in [2.24, 2.45) is 0 Å². The van der Waals surface area contributed by atoms with Crippen molar-refractivity contribution in [3.8, 4) is 0 Å². The summed E-state index contributed by atoms with van der Waals surface area (Å²) in [5.74, 6) is -0.870. The average molecular weight is 295 g/mol. The number of hydrogen-bond acceptors (Lipinski definition) is 3. The van der Waals surface area contributed by atoms with Crippen LogP contribution in [0.15, 0.2) is 0 Å². The second-order valence-electron chi connectivity index (χ2n) is 6.43. The molecule has 0 aromatic carbocycles. The number of carbonyl (C=O) groups is 2. The predicted molar refractivity (Wildman–Crippen MR) is 78.2 cm³/mol. The number of rotatable bonds is 2. The first-order chi connectivity index (χ1) is 10.2. The highest BCUT2D eigenvalue weighted by molar-refractivity contribution is 5.83. The van der Waals surface area contributed by atoms with Crippen LogP contribution in [0.1, 0.15) is 38.5 Å². The summed E-state index contributed by atoms with van der Waals surface area (Å²) in [5.41, 5.74) is 0. The van der Waals surface area contributed by atoms with Crippen molar-refractivity contribution in [3.05, 3.63) is 0 Å². The van der Waals surface area contributed by atoms with Gasteiger partial charge in [0.1, 0.15) is 6.04 Å². The molecule has 6 nitrogen and oxygen atoms in total. The van der Waals surface area contributed by atoms with Gasteiger partial charge in [0, 0.05) is 38.8 Å². The molecule has 0 spiro atoms. The van der Waals surface area contributed by atoms with Gasteiger partial charge in [-0.25, -0.2) is 9.59 Å². The number of carbonyl (C=O) groups excluding carboxylic acids is 1. The van der Waals surface area contributed by atoms with Gasteiger partial charge in [0.2, 0.25) is 0 Å². The summed E-state index contributed by atoms with van der Waals surface area (Å²) >= 11 is 0. The number of carboxylic acids is 1. The lowest BCUT2D eigenvalue weighted by Crippen LogP contribution is -2.56. The van der Waals surface area contributed by atoms with Crippen LogP contribution in [-0.2, 0) is 4.79 Å². The zero-order valence-corrected chi connectivity index (χ0v) is 12.5. The molecule has 0 aromatic heterocycles. The molecule has 1 saturated carbocycles. The van der Waals surface area contributed by atoms with Gasteiger partial charge in [0.15, 0.2) is 0 Å². The molecule has 3 fully saturated rings. The zero-order valence-electron chi connectivity index (χ0n) is 12.5. The van der Waals surface area contributed by atoms with Gasteiger partial charge in [-0.15, -0.1) is 0 Å². The van der Waals surface area contributed by atoms with Gasteiger partial charge in [-0.05, 0) is 25.7 Å². The number of nitrogens with zero attached hydrogens (tertiary/aromatic N) is 3. The first kappa shape index (κ1) is 14.6. The first-order valence-corrected chi connectivity index (χ1v) is 8.19. The highest BCUT2D eigenvalue weighted by Crippen LogP contribution is 2.25. The normalized spacial score (nSPS) is 28.3. The summed E-state index contributed by atoms with van der Waals surface area (Å²) in [4.78, 5) is 29.6. The Morgan fingerprint density at radius 2 is 1.52 bits per heavy atom. The van der Waals surface area contributed by atoms with Crippen LogP contribution >= 0.6 is 0 Å². The summed E-state index contributed by atoms with van der Waals surface area (Å²) in [5, 5.41) is 9.20. The van der Waals surface area contributed by atoms with Crippen molar-refractivity contribution in [2.75, 3.05) is 32.7 Å². The fourth-order valence-electron chi connectivity index (χ4n) is 3.98. The van der Waals surface area contributed by atoms with Crippen LogP contribution in [0.5, 0.6) is 0 Å². The molecule has 2 aliphatic heterocycles. The highest BCUT2D eigenvalue weighted by atomic mass is 16.4. The average Bonchev–Trinajstić information content (AvgIpc) is 3.18. The van der Waals surface area contributed by atoms with Crippen molar-refractivity contribution in [1.29, 1.82) is 0 Å². The van der Waals surface area contributed by atoms with E-state index in [1.54, 1.807) is 4.90 Å². The number of urea groups is 1. The van der Waals surface area contributed by atoms with Crippen LogP contribution in [0.2, 0.25) is 0 Å². The maximum absolute atomic E-state index is 12.5. The van der Waals surface area contributed by atoms with Gasteiger partial charge in [-0.1, -0.05) is 12.8 Å². The Balaban J connectivity index is 1.54. The van der Waals surface area contributed by atoms with Crippen LogP contribution in [-0.4, -0.2) is 76.6 Å². The quantitative estimate of drug-likeness (QED) is 0.832. The molecular weight excluding hydrogens is 270 g/mol. The first-order valence-electron chi connectivity index (χ1n) is 8.19. The van der Waals surface area contributed by atoms with Crippen LogP contribution in [0.3, 0.4) is 0 Å². The smallest absolute Gasteiger partial charge is 0.326 e. The van der Waals surface area contributed by atoms with Crippen molar-refractivity contribution in [3.63, 3.8) is 0 Å². The molecule has 2 heterocycles. The number of amides is 2. The van der Waals surface area contributed by atoms with E-state index in [0.29, 0.717) is 19.0 Å². The lowest BCUT2D eigenvalue weighted by atomic mass is 10.2. The van der Waals surface area contributed by atoms with E-state index < -0.39 is 12.0 Å².